The van der Waals surface area contributed by atoms with Crippen LogP contribution in [0.15, 0.2) is 24.3 Å². The van der Waals surface area contributed by atoms with E-state index in [0.717, 1.165) is 0 Å². The first-order valence-electron chi connectivity index (χ1n) is 5.57. The van der Waals surface area contributed by atoms with Gasteiger partial charge in [-0.15, -0.1) is 0 Å². The molecule has 0 unspecified atom stereocenters. The van der Waals surface area contributed by atoms with Crippen LogP contribution in [0.3, 0.4) is 0 Å². The third kappa shape index (κ3) is 2.25. The molecular formula is C13H13FN2O2. The molecule has 0 fully saturated rings. The largest absolute Gasteiger partial charge is 0.477 e. The maximum absolute atomic E-state index is 13.5. The smallest absolute Gasteiger partial charge is 0.353 e. The van der Waals surface area contributed by atoms with Crippen LogP contribution >= 0.6 is 0 Å². The molecule has 0 saturated carbocycles. The van der Waals surface area contributed by atoms with E-state index in [1.807, 2.05) is 13.8 Å². The van der Waals surface area contributed by atoms with Crippen LogP contribution < -0.4 is 0 Å². The molecule has 0 atom stereocenters. The SMILES string of the molecule is CC(C)c1cc(-c2cc(C(=O)O)[nH]n2)ccc1F. The van der Waals surface area contributed by atoms with Crippen LogP contribution in [-0.2, 0) is 0 Å². The first-order chi connectivity index (χ1) is 8.49. The average molecular weight is 248 g/mol. The standard InChI is InChI=1S/C13H13FN2O2/c1-7(2)9-5-8(3-4-10(9)14)11-6-12(13(17)18)16-15-11/h3-7H,1-2H3,(H,15,16)(H,17,18). The Hall–Kier alpha value is -2.17. The van der Waals surface area contributed by atoms with E-state index in [2.05, 4.69) is 10.2 Å². The third-order valence-corrected chi connectivity index (χ3v) is 2.72. The molecular weight excluding hydrogens is 235 g/mol. The molecule has 0 aliphatic heterocycles. The number of halogens is 1. The maximum atomic E-state index is 13.5. The topological polar surface area (TPSA) is 66.0 Å². The van der Waals surface area contributed by atoms with Gasteiger partial charge in [-0.1, -0.05) is 13.8 Å². The molecule has 0 aliphatic rings. The molecule has 1 aromatic heterocycles. The van der Waals surface area contributed by atoms with Crippen LogP contribution in [-0.4, -0.2) is 21.3 Å². The van der Waals surface area contributed by atoms with Crippen molar-refractivity contribution >= 4 is 5.97 Å². The van der Waals surface area contributed by atoms with Crippen molar-refractivity contribution < 1.29 is 14.3 Å². The van der Waals surface area contributed by atoms with Crippen molar-refractivity contribution in [1.29, 1.82) is 0 Å². The lowest BCUT2D eigenvalue weighted by Gasteiger charge is -2.08. The minimum Gasteiger partial charge on any atom is -0.477 e. The van der Waals surface area contributed by atoms with Crippen LogP contribution in [0.4, 0.5) is 4.39 Å². The van der Waals surface area contributed by atoms with Gasteiger partial charge in [0, 0.05) is 5.56 Å². The Kier molecular flexibility index (Phi) is 3.14. The number of carbonyl (C=O) groups is 1. The number of carboxylic acid groups (broad SMARTS) is 1. The highest BCUT2D eigenvalue weighted by Crippen LogP contribution is 2.25. The Bertz CT molecular complexity index is 590. The van der Waals surface area contributed by atoms with Gasteiger partial charge in [-0.2, -0.15) is 5.10 Å². The van der Waals surface area contributed by atoms with Crippen LogP contribution in [0.5, 0.6) is 0 Å². The molecule has 2 N–H and O–H groups in total. The van der Waals surface area contributed by atoms with Gasteiger partial charge in [0.15, 0.2) is 0 Å². The fraction of sp³-hybridized carbons (Fsp3) is 0.231. The molecule has 0 bridgehead atoms. The van der Waals surface area contributed by atoms with Gasteiger partial charge in [0.1, 0.15) is 11.5 Å². The molecule has 0 spiro atoms. The van der Waals surface area contributed by atoms with Crippen LogP contribution in [0.2, 0.25) is 0 Å². The number of benzene rings is 1. The van der Waals surface area contributed by atoms with Crippen molar-refractivity contribution in [2.24, 2.45) is 0 Å². The number of hydrogen-bond acceptors (Lipinski definition) is 2. The van der Waals surface area contributed by atoms with Gasteiger partial charge in [0.05, 0.1) is 5.69 Å². The Morgan fingerprint density at radius 1 is 1.39 bits per heavy atom. The number of aromatic carboxylic acids is 1. The van der Waals surface area contributed by atoms with E-state index in [-0.39, 0.29) is 17.4 Å². The molecule has 1 heterocycles. The van der Waals surface area contributed by atoms with E-state index in [1.165, 1.54) is 12.1 Å². The number of nitrogens with one attached hydrogen (secondary N) is 1. The fourth-order valence-electron chi connectivity index (χ4n) is 1.72. The monoisotopic (exact) mass is 248 g/mol. The molecule has 0 amide bonds. The summed E-state index contributed by atoms with van der Waals surface area (Å²) in [4.78, 5) is 10.7. The highest BCUT2D eigenvalue weighted by atomic mass is 19.1. The molecule has 4 nitrogen and oxygen atoms in total. The number of aromatic amines is 1. The average Bonchev–Trinajstić information content (AvgIpc) is 2.78. The fourth-order valence-corrected chi connectivity index (χ4v) is 1.72. The summed E-state index contributed by atoms with van der Waals surface area (Å²) in [5, 5.41) is 15.1. The van der Waals surface area contributed by atoms with Crippen molar-refractivity contribution in [3.8, 4) is 11.3 Å². The molecule has 18 heavy (non-hydrogen) atoms. The summed E-state index contributed by atoms with van der Waals surface area (Å²) in [6, 6.07) is 6.09. The van der Waals surface area contributed by atoms with Gasteiger partial charge in [-0.05, 0) is 35.7 Å². The van der Waals surface area contributed by atoms with E-state index in [9.17, 15) is 9.18 Å². The number of carboxylic acids is 1. The van der Waals surface area contributed by atoms with Gasteiger partial charge in [-0.3, -0.25) is 5.10 Å². The van der Waals surface area contributed by atoms with E-state index in [0.29, 0.717) is 16.8 Å². The highest BCUT2D eigenvalue weighted by Gasteiger charge is 2.12. The summed E-state index contributed by atoms with van der Waals surface area (Å²) < 4.78 is 13.5. The van der Waals surface area contributed by atoms with Crippen molar-refractivity contribution in [3.05, 3.63) is 41.3 Å². The first kappa shape index (κ1) is 12.3. The second-order valence-electron chi connectivity index (χ2n) is 4.36. The van der Waals surface area contributed by atoms with E-state index in [1.54, 1.807) is 12.1 Å². The quantitative estimate of drug-likeness (QED) is 0.877. The molecule has 0 aliphatic carbocycles. The lowest BCUT2D eigenvalue weighted by Crippen LogP contribution is -1.95. The molecule has 2 aromatic rings. The Balaban J connectivity index is 2.44. The van der Waals surface area contributed by atoms with Gasteiger partial charge in [0.2, 0.25) is 0 Å². The maximum Gasteiger partial charge on any atom is 0.353 e. The number of H-pyrrole nitrogens is 1. The highest BCUT2D eigenvalue weighted by molar-refractivity contribution is 5.86. The predicted octanol–water partition coefficient (Wildman–Crippen LogP) is 3.04. The minimum absolute atomic E-state index is 0.0143. The second-order valence-corrected chi connectivity index (χ2v) is 4.36. The lowest BCUT2D eigenvalue weighted by molar-refractivity contribution is 0.0690. The number of nitrogens with zero attached hydrogens (tertiary/aromatic N) is 1. The minimum atomic E-state index is -1.07. The number of hydrogen-bond donors (Lipinski definition) is 2. The molecule has 1 aromatic carbocycles. The van der Waals surface area contributed by atoms with Gasteiger partial charge in [-0.25, -0.2) is 9.18 Å². The van der Waals surface area contributed by atoms with E-state index < -0.39 is 5.97 Å². The summed E-state index contributed by atoms with van der Waals surface area (Å²) in [7, 11) is 0. The zero-order valence-electron chi connectivity index (χ0n) is 10.1. The Morgan fingerprint density at radius 2 is 2.11 bits per heavy atom. The van der Waals surface area contributed by atoms with Crippen molar-refractivity contribution in [2.45, 2.75) is 19.8 Å². The van der Waals surface area contributed by atoms with Crippen molar-refractivity contribution in [2.75, 3.05) is 0 Å². The Labute approximate surface area is 103 Å². The van der Waals surface area contributed by atoms with Crippen molar-refractivity contribution in [3.63, 3.8) is 0 Å². The Morgan fingerprint density at radius 3 is 2.67 bits per heavy atom. The molecule has 2 rings (SSSR count). The molecule has 0 radical (unpaired) electrons. The van der Waals surface area contributed by atoms with Crippen molar-refractivity contribution in [1.82, 2.24) is 10.2 Å². The zero-order valence-corrected chi connectivity index (χ0v) is 10.1. The number of rotatable bonds is 3. The van der Waals surface area contributed by atoms with Gasteiger partial charge in [0.25, 0.3) is 0 Å². The van der Waals surface area contributed by atoms with Gasteiger partial charge >= 0.3 is 5.97 Å². The summed E-state index contributed by atoms with van der Waals surface area (Å²) in [6.07, 6.45) is 0. The second kappa shape index (κ2) is 4.60. The van der Waals surface area contributed by atoms with Crippen LogP contribution in [0.1, 0.15) is 35.8 Å². The first-order valence-corrected chi connectivity index (χ1v) is 5.57. The van der Waals surface area contributed by atoms with Crippen LogP contribution in [0, 0.1) is 5.82 Å². The predicted molar refractivity (Wildman–Crippen MR) is 65.0 cm³/mol. The summed E-state index contributed by atoms with van der Waals surface area (Å²) in [5.74, 6) is -1.27. The molecule has 94 valence electrons. The van der Waals surface area contributed by atoms with Gasteiger partial charge < -0.3 is 5.11 Å². The molecule has 0 saturated heterocycles. The van der Waals surface area contributed by atoms with Crippen LogP contribution in [0.25, 0.3) is 11.3 Å². The lowest BCUT2D eigenvalue weighted by atomic mass is 9.99. The summed E-state index contributed by atoms with van der Waals surface area (Å²) in [5.41, 5.74) is 1.80. The zero-order chi connectivity index (χ0) is 13.3. The third-order valence-electron chi connectivity index (χ3n) is 2.72. The normalized spacial score (nSPS) is 10.9. The summed E-state index contributed by atoms with van der Waals surface area (Å²) in [6.45, 7) is 3.80. The van der Waals surface area contributed by atoms with E-state index >= 15 is 0 Å². The molecule has 5 heteroatoms. The summed E-state index contributed by atoms with van der Waals surface area (Å²) >= 11 is 0. The van der Waals surface area contributed by atoms with E-state index in [4.69, 9.17) is 5.11 Å². The number of aromatic nitrogens is 2.